The maximum atomic E-state index is 14.2. The lowest BCUT2D eigenvalue weighted by molar-refractivity contribution is -0.140. The number of carbonyl (C=O) groups is 3. The molecule has 0 bridgehead atoms. The second kappa shape index (κ2) is 13.9. The molecule has 0 aliphatic carbocycles. The summed E-state index contributed by atoms with van der Waals surface area (Å²) in [5.41, 5.74) is 0.228. The largest absolute Gasteiger partial charge is 0.467 e. The van der Waals surface area contributed by atoms with Crippen LogP contribution < -0.4 is 10.6 Å². The number of ether oxygens (including phenoxy) is 1. The molecule has 3 amide bonds. The van der Waals surface area contributed by atoms with Crippen LogP contribution in [-0.2, 0) is 33.7 Å². The lowest BCUT2D eigenvalue weighted by Gasteiger charge is -2.16. The first kappa shape index (κ1) is 32.3. The molecule has 2 atom stereocenters. The van der Waals surface area contributed by atoms with Crippen molar-refractivity contribution in [2.75, 3.05) is 5.32 Å². The molecule has 238 valence electrons. The van der Waals surface area contributed by atoms with Gasteiger partial charge in [-0.25, -0.2) is 14.2 Å². The van der Waals surface area contributed by atoms with E-state index >= 15 is 0 Å². The summed E-state index contributed by atoms with van der Waals surface area (Å²) in [4.78, 5) is 43.9. The fourth-order valence-electron chi connectivity index (χ4n) is 4.37. The molecule has 1 aliphatic heterocycles. The van der Waals surface area contributed by atoms with Gasteiger partial charge in [-0.3, -0.25) is 14.5 Å². The zero-order chi connectivity index (χ0) is 32.8. The summed E-state index contributed by atoms with van der Waals surface area (Å²) < 4.78 is 63.8. The van der Waals surface area contributed by atoms with Crippen LogP contribution in [0.25, 0.3) is 0 Å². The van der Waals surface area contributed by atoms with Gasteiger partial charge in [-0.2, -0.15) is 13.2 Å². The normalized spacial score (nSPS) is 16.4. The van der Waals surface area contributed by atoms with Gasteiger partial charge in [0.15, 0.2) is 5.17 Å². The zero-order valence-corrected chi connectivity index (χ0v) is 24.9. The maximum Gasteiger partial charge on any atom is 0.419 e. The van der Waals surface area contributed by atoms with Gasteiger partial charge in [-0.1, -0.05) is 54.2 Å². The Morgan fingerprint density at radius 2 is 1.78 bits per heavy atom. The number of nitrogens with zero attached hydrogens (tertiary/aromatic N) is 2. The highest BCUT2D eigenvalue weighted by Crippen LogP contribution is 2.42. The van der Waals surface area contributed by atoms with Crippen LogP contribution in [0.3, 0.4) is 0 Å². The van der Waals surface area contributed by atoms with Crippen LogP contribution in [0.2, 0.25) is 0 Å². The number of halogens is 4. The van der Waals surface area contributed by atoms with Gasteiger partial charge in [0.25, 0.3) is 0 Å². The van der Waals surface area contributed by atoms with E-state index in [4.69, 9.17) is 9.15 Å². The van der Waals surface area contributed by atoms with E-state index in [-0.39, 0.29) is 29.9 Å². The molecule has 0 radical (unpaired) electrons. The van der Waals surface area contributed by atoms with E-state index < -0.39 is 40.8 Å². The number of benzene rings is 3. The van der Waals surface area contributed by atoms with Gasteiger partial charge in [0.05, 0.1) is 24.1 Å². The van der Waals surface area contributed by atoms with Gasteiger partial charge in [0.2, 0.25) is 11.8 Å². The predicted octanol–water partition coefficient (Wildman–Crippen LogP) is 7.20. The molecule has 1 aromatic heterocycles. The van der Waals surface area contributed by atoms with Crippen molar-refractivity contribution >= 4 is 46.2 Å². The highest BCUT2D eigenvalue weighted by Gasteiger charge is 2.40. The van der Waals surface area contributed by atoms with E-state index in [1.165, 1.54) is 18.1 Å². The molecule has 4 aromatic rings. The Morgan fingerprint density at radius 1 is 1.04 bits per heavy atom. The molecule has 3 aromatic carbocycles. The molecule has 0 spiro atoms. The second-order valence-electron chi connectivity index (χ2n) is 10.1. The fraction of sp³-hybridized carbons (Fsp3) is 0.188. The first-order valence-corrected chi connectivity index (χ1v) is 14.7. The van der Waals surface area contributed by atoms with Crippen LogP contribution in [0.5, 0.6) is 0 Å². The molecule has 1 fully saturated rings. The molecule has 14 heteroatoms. The van der Waals surface area contributed by atoms with Crippen LogP contribution in [-0.4, -0.2) is 34.0 Å². The SMILES string of the molecule is C[C@H](NC(=O)OCc1ccccc1)C(=O)Nc1ccc(C2SC(=Nc3ccc(C(F)(F)F)c(F)c3)N(Cc3ccco3)C2=O)cc1. The Labute approximate surface area is 264 Å². The standard InChI is InChI=1S/C32H26F4N4O5S/c1-19(37-31(43)45-18-20-6-3-2-4-7-20)28(41)38-22-11-9-21(10-12-22)27-29(42)40(17-24-8-5-15-44-24)30(46-27)39-23-13-14-25(26(33)16-23)32(34,35)36/h2-16,19,27H,17-18H2,1H3,(H,37,43)(H,38,41)/t19-,27?/m0/s1. The smallest absolute Gasteiger partial charge is 0.419 e. The van der Waals surface area contributed by atoms with E-state index in [0.717, 1.165) is 23.4 Å². The number of hydrogen-bond acceptors (Lipinski definition) is 7. The lowest BCUT2D eigenvalue weighted by atomic mass is 10.1. The Hall–Kier alpha value is -5.11. The Bertz CT molecular complexity index is 1730. The minimum Gasteiger partial charge on any atom is -0.467 e. The summed E-state index contributed by atoms with van der Waals surface area (Å²) in [7, 11) is 0. The van der Waals surface area contributed by atoms with E-state index in [1.807, 2.05) is 18.2 Å². The molecule has 46 heavy (non-hydrogen) atoms. The number of alkyl carbamates (subject to hydrolysis) is 1. The molecular formula is C32H26F4N4O5S. The first-order chi connectivity index (χ1) is 22.0. The van der Waals surface area contributed by atoms with E-state index in [1.54, 1.807) is 48.5 Å². The van der Waals surface area contributed by atoms with E-state index in [9.17, 15) is 31.9 Å². The summed E-state index contributed by atoms with van der Waals surface area (Å²) in [5, 5.41) is 4.50. The van der Waals surface area contributed by atoms with Crippen LogP contribution >= 0.6 is 11.8 Å². The van der Waals surface area contributed by atoms with Gasteiger partial charge in [-0.05, 0) is 54.4 Å². The molecule has 2 heterocycles. The third-order valence-electron chi connectivity index (χ3n) is 6.74. The topological polar surface area (TPSA) is 113 Å². The minimum absolute atomic E-state index is 0.00983. The molecule has 0 saturated carbocycles. The predicted molar refractivity (Wildman–Crippen MR) is 162 cm³/mol. The number of carbonyl (C=O) groups excluding carboxylic acids is 3. The summed E-state index contributed by atoms with van der Waals surface area (Å²) in [5.74, 6) is -1.93. The lowest BCUT2D eigenvalue weighted by Crippen LogP contribution is -2.41. The maximum absolute atomic E-state index is 14.2. The Kier molecular flexibility index (Phi) is 9.75. The summed E-state index contributed by atoms with van der Waals surface area (Å²) in [6, 6.07) is 20.1. The van der Waals surface area contributed by atoms with Crippen LogP contribution in [0.1, 0.15) is 34.6 Å². The van der Waals surface area contributed by atoms with Crippen molar-refractivity contribution in [3.8, 4) is 0 Å². The fourth-order valence-corrected chi connectivity index (χ4v) is 5.54. The molecule has 5 rings (SSSR count). The molecule has 2 N–H and O–H groups in total. The average molecular weight is 655 g/mol. The molecule has 1 aliphatic rings. The number of amidine groups is 1. The highest BCUT2D eigenvalue weighted by molar-refractivity contribution is 8.15. The van der Waals surface area contributed by atoms with Crippen molar-refractivity contribution in [3.05, 3.63) is 119 Å². The van der Waals surface area contributed by atoms with Crippen LogP contribution in [0, 0.1) is 5.82 Å². The van der Waals surface area contributed by atoms with Gasteiger partial charge in [0, 0.05) is 11.8 Å². The molecular weight excluding hydrogens is 628 g/mol. The van der Waals surface area contributed by atoms with Crippen molar-refractivity contribution in [2.24, 2.45) is 4.99 Å². The quantitative estimate of drug-likeness (QED) is 0.185. The number of aliphatic imine (C=N–C) groups is 1. The third-order valence-corrected chi connectivity index (χ3v) is 7.97. The van der Waals surface area contributed by atoms with E-state index in [2.05, 4.69) is 15.6 Å². The average Bonchev–Trinajstić information content (AvgIpc) is 3.64. The number of hydrogen-bond donors (Lipinski definition) is 2. The monoisotopic (exact) mass is 654 g/mol. The minimum atomic E-state index is -4.86. The number of amides is 3. The Morgan fingerprint density at radius 3 is 2.43 bits per heavy atom. The van der Waals surface area contributed by atoms with Crippen LogP contribution in [0.4, 0.5) is 33.7 Å². The number of nitrogens with one attached hydrogen (secondary N) is 2. The third kappa shape index (κ3) is 7.93. The van der Waals surface area contributed by atoms with Gasteiger partial charge in [-0.15, -0.1) is 0 Å². The van der Waals surface area contributed by atoms with Crippen molar-refractivity contribution in [3.63, 3.8) is 0 Å². The van der Waals surface area contributed by atoms with Crippen molar-refractivity contribution < 1.29 is 41.1 Å². The van der Waals surface area contributed by atoms with Gasteiger partial charge in [0.1, 0.15) is 29.5 Å². The van der Waals surface area contributed by atoms with Crippen molar-refractivity contribution in [1.29, 1.82) is 0 Å². The number of furan rings is 1. The summed E-state index contributed by atoms with van der Waals surface area (Å²) in [6.07, 6.45) is -4.19. The van der Waals surface area contributed by atoms with Crippen LogP contribution in [0.15, 0.2) is 101 Å². The number of thioether (sulfide) groups is 1. The first-order valence-electron chi connectivity index (χ1n) is 13.8. The summed E-state index contributed by atoms with van der Waals surface area (Å²) in [6.45, 7) is 1.54. The summed E-state index contributed by atoms with van der Waals surface area (Å²) >= 11 is 1.04. The zero-order valence-electron chi connectivity index (χ0n) is 24.1. The van der Waals surface area contributed by atoms with Crippen molar-refractivity contribution in [1.82, 2.24) is 10.2 Å². The van der Waals surface area contributed by atoms with Gasteiger partial charge < -0.3 is 19.8 Å². The Balaban J connectivity index is 1.25. The van der Waals surface area contributed by atoms with E-state index in [0.29, 0.717) is 29.1 Å². The number of anilines is 1. The molecule has 1 saturated heterocycles. The number of alkyl halides is 3. The number of rotatable bonds is 9. The highest BCUT2D eigenvalue weighted by atomic mass is 32.2. The van der Waals surface area contributed by atoms with Crippen molar-refractivity contribution in [2.45, 2.75) is 37.5 Å². The molecule has 1 unspecified atom stereocenters. The second-order valence-corrected chi connectivity index (χ2v) is 11.2. The molecule has 9 nitrogen and oxygen atoms in total. The van der Waals surface area contributed by atoms with Gasteiger partial charge >= 0.3 is 12.3 Å².